The first-order chi connectivity index (χ1) is 32.1. The number of rotatable bonds is 38. The summed E-state index contributed by atoms with van der Waals surface area (Å²) in [5.74, 6) is -0.261. The first-order valence-corrected chi connectivity index (χ1v) is 25.5. The van der Waals surface area contributed by atoms with Crippen LogP contribution in [-0.4, -0.2) is 140 Å². The van der Waals surface area contributed by atoms with Gasteiger partial charge in [0.25, 0.3) is 0 Å². The Morgan fingerprint density at radius 1 is 0.545 bits per heavy atom. The summed E-state index contributed by atoms with van der Waals surface area (Å²) in [6, 6.07) is -0.932. The Kier molecular flexibility index (Phi) is 34.9. The van der Waals surface area contributed by atoms with E-state index in [1.807, 2.05) is 6.08 Å². The van der Waals surface area contributed by atoms with Gasteiger partial charge in [0, 0.05) is 6.42 Å². The van der Waals surface area contributed by atoms with Gasteiger partial charge in [-0.3, -0.25) is 4.79 Å². The summed E-state index contributed by atoms with van der Waals surface area (Å²) in [5, 5.41) is 86.3. The molecule has 0 radical (unpaired) electrons. The molecule has 2 heterocycles. The Morgan fingerprint density at radius 3 is 1.64 bits per heavy atom. The fraction of sp³-hybridized carbons (Fsp3) is 0.788. The quantitative estimate of drug-likeness (QED) is 0.0234. The van der Waals surface area contributed by atoms with Crippen molar-refractivity contribution in [3.8, 4) is 0 Å². The predicted octanol–water partition coefficient (Wildman–Crippen LogP) is 6.66. The largest absolute Gasteiger partial charge is 0.394 e. The fourth-order valence-electron chi connectivity index (χ4n) is 7.97. The lowest BCUT2D eigenvalue weighted by Gasteiger charge is -2.46. The van der Waals surface area contributed by atoms with Crippen molar-refractivity contribution in [2.24, 2.45) is 0 Å². The summed E-state index contributed by atoms with van der Waals surface area (Å²) >= 11 is 0. The van der Waals surface area contributed by atoms with Crippen LogP contribution in [0.4, 0.5) is 0 Å². The molecule has 0 saturated carbocycles. The van der Waals surface area contributed by atoms with Crippen LogP contribution in [0.3, 0.4) is 0 Å². The molecule has 0 aromatic rings. The lowest BCUT2D eigenvalue weighted by atomic mass is 9.97. The summed E-state index contributed by atoms with van der Waals surface area (Å²) in [6.07, 6.45) is 30.2. The molecule has 382 valence electrons. The van der Waals surface area contributed by atoms with E-state index in [-0.39, 0.29) is 18.9 Å². The number of carbonyl (C=O) groups excluding carboxylic acids is 1. The Morgan fingerprint density at radius 2 is 1.05 bits per heavy atom. The van der Waals surface area contributed by atoms with Gasteiger partial charge in [-0.2, -0.15) is 0 Å². The number of aliphatic hydroxyl groups excluding tert-OH is 8. The van der Waals surface area contributed by atoms with Crippen LogP contribution in [-0.2, 0) is 23.7 Å². The van der Waals surface area contributed by atoms with Gasteiger partial charge in [-0.25, -0.2) is 0 Å². The van der Waals surface area contributed by atoms with Crippen molar-refractivity contribution >= 4 is 5.91 Å². The van der Waals surface area contributed by atoms with Crippen LogP contribution in [0.5, 0.6) is 0 Å². The van der Waals surface area contributed by atoms with Gasteiger partial charge >= 0.3 is 0 Å². The van der Waals surface area contributed by atoms with Crippen molar-refractivity contribution in [1.82, 2.24) is 5.32 Å². The normalized spacial score (nSPS) is 27.3. The van der Waals surface area contributed by atoms with E-state index >= 15 is 0 Å². The van der Waals surface area contributed by atoms with Crippen molar-refractivity contribution in [3.63, 3.8) is 0 Å². The van der Waals surface area contributed by atoms with E-state index in [2.05, 4.69) is 67.8 Å². The number of nitrogens with one attached hydrogen (secondary N) is 1. The molecule has 14 heteroatoms. The maximum Gasteiger partial charge on any atom is 0.220 e. The van der Waals surface area contributed by atoms with E-state index in [4.69, 9.17) is 18.9 Å². The van der Waals surface area contributed by atoms with Gasteiger partial charge in [-0.05, 0) is 64.2 Å². The number of amides is 1. The second-order valence-corrected chi connectivity index (χ2v) is 17.9. The van der Waals surface area contributed by atoms with E-state index in [0.717, 1.165) is 57.8 Å². The number of allylic oxidation sites excluding steroid dienone is 9. The van der Waals surface area contributed by atoms with Crippen LogP contribution in [0, 0.1) is 0 Å². The third-order valence-corrected chi connectivity index (χ3v) is 12.2. The minimum atomic E-state index is -1.79. The Bertz CT molecular complexity index is 1340. The molecule has 0 aromatic carbocycles. The van der Waals surface area contributed by atoms with Gasteiger partial charge in [-0.1, -0.05) is 158 Å². The number of ether oxygens (including phenoxy) is 4. The Hall–Kier alpha value is -2.31. The molecule has 2 fully saturated rings. The zero-order valence-corrected chi connectivity index (χ0v) is 40.4. The van der Waals surface area contributed by atoms with Crippen molar-refractivity contribution in [2.45, 2.75) is 242 Å². The SMILES string of the molecule is CCC/C=C/CC/C=C/C(O)C(COC1OC(CO)C(OC2OC(CO)C(O)C(O)C2O)C(O)C1O)NC(=O)CCCCCCCCCCCC/C=C\C/C=C\C/C=C\CCCCCCC. The molecule has 0 spiro atoms. The molecule has 2 rings (SSSR count). The van der Waals surface area contributed by atoms with Gasteiger partial charge in [0.15, 0.2) is 12.6 Å². The molecule has 0 aliphatic carbocycles. The smallest absolute Gasteiger partial charge is 0.220 e. The van der Waals surface area contributed by atoms with Crippen LogP contribution >= 0.6 is 0 Å². The van der Waals surface area contributed by atoms with Crippen molar-refractivity contribution < 1.29 is 64.6 Å². The molecule has 0 bridgehead atoms. The molecular weight excluding hydrogens is 847 g/mol. The first-order valence-electron chi connectivity index (χ1n) is 25.5. The lowest BCUT2D eigenvalue weighted by Crippen LogP contribution is -2.65. The topological polar surface area (TPSA) is 228 Å². The molecule has 0 aromatic heterocycles. The van der Waals surface area contributed by atoms with Crippen LogP contribution in [0.2, 0.25) is 0 Å². The lowest BCUT2D eigenvalue weighted by molar-refractivity contribution is -0.359. The van der Waals surface area contributed by atoms with E-state index < -0.39 is 86.8 Å². The average Bonchev–Trinajstić information content (AvgIpc) is 3.31. The summed E-state index contributed by atoms with van der Waals surface area (Å²) in [7, 11) is 0. The Labute approximate surface area is 396 Å². The summed E-state index contributed by atoms with van der Waals surface area (Å²) < 4.78 is 22.6. The highest BCUT2D eigenvalue weighted by Gasteiger charge is 2.51. The molecule has 12 atom stereocenters. The van der Waals surface area contributed by atoms with Gasteiger partial charge in [-0.15, -0.1) is 0 Å². The van der Waals surface area contributed by atoms with Gasteiger partial charge in [0.05, 0.1) is 32.0 Å². The monoisotopic (exact) mass is 938 g/mol. The maximum atomic E-state index is 13.1. The van der Waals surface area contributed by atoms with E-state index in [1.54, 1.807) is 6.08 Å². The zero-order chi connectivity index (χ0) is 48.2. The highest BCUT2D eigenvalue weighted by molar-refractivity contribution is 5.76. The van der Waals surface area contributed by atoms with E-state index in [1.165, 1.54) is 77.0 Å². The van der Waals surface area contributed by atoms with Crippen molar-refractivity contribution in [2.75, 3.05) is 19.8 Å². The minimum Gasteiger partial charge on any atom is -0.394 e. The second-order valence-electron chi connectivity index (χ2n) is 17.9. The second kappa shape index (κ2) is 38.5. The van der Waals surface area contributed by atoms with Crippen molar-refractivity contribution in [3.05, 3.63) is 60.8 Å². The van der Waals surface area contributed by atoms with Crippen LogP contribution in [0.25, 0.3) is 0 Å². The number of hydrogen-bond donors (Lipinski definition) is 9. The van der Waals surface area contributed by atoms with Crippen molar-refractivity contribution in [1.29, 1.82) is 0 Å². The average molecular weight is 938 g/mol. The van der Waals surface area contributed by atoms with Gasteiger partial charge < -0.3 is 65.1 Å². The minimum absolute atomic E-state index is 0.261. The van der Waals surface area contributed by atoms with E-state index in [9.17, 15) is 45.6 Å². The Balaban J connectivity index is 1.71. The molecular formula is C52H91NO13. The number of hydrogen-bond acceptors (Lipinski definition) is 13. The van der Waals surface area contributed by atoms with Gasteiger partial charge in [0.1, 0.15) is 48.8 Å². The zero-order valence-electron chi connectivity index (χ0n) is 40.4. The summed E-state index contributed by atoms with van der Waals surface area (Å²) in [4.78, 5) is 13.1. The molecule has 66 heavy (non-hydrogen) atoms. The molecule has 2 saturated heterocycles. The fourth-order valence-corrected chi connectivity index (χ4v) is 7.97. The number of unbranched alkanes of at least 4 members (excludes halogenated alkanes) is 17. The third kappa shape index (κ3) is 25.3. The molecule has 1 amide bonds. The summed E-state index contributed by atoms with van der Waals surface area (Å²) in [6.45, 7) is 2.62. The number of aliphatic hydroxyl groups is 8. The standard InChI is InChI=1S/C52H91NO13/c1-3-5-7-9-11-12-13-14-15-16-17-18-19-20-21-22-23-24-25-26-27-28-30-32-34-36-44(57)53-40(41(56)35-33-31-29-10-8-6-4-2)39-63-51-49(62)47(60)50(43(38-55)65-51)66-52-48(61)46(59)45(58)42(37-54)64-52/h8,10,13-14,16-17,19-20,33,35,40-43,45-52,54-56,58-62H,3-7,9,11-12,15,18,21-32,34,36-39H2,1-2H3,(H,53,57)/b10-8+,14-13-,17-16-,20-19-,35-33+. The van der Waals surface area contributed by atoms with Crippen LogP contribution < -0.4 is 5.32 Å². The summed E-state index contributed by atoms with van der Waals surface area (Å²) in [5.41, 5.74) is 0. The highest BCUT2D eigenvalue weighted by atomic mass is 16.7. The third-order valence-electron chi connectivity index (χ3n) is 12.2. The molecule has 9 N–H and O–H groups in total. The molecule has 2 aliphatic rings. The van der Waals surface area contributed by atoms with Gasteiger partial charge in [0.2, 0.25) is 5.91 Å². The van der Waals surface area contributed by atoms with Crippen LogP contribution in [0.15, 0.2) is 60.8 Å². The molecule has 2 aliphatic heterocycles. The van der Waals surface area contributed by atoms with E-state index in [0.29, 0.717) is 12.8 Å². The molecule has 12 unspecified atom stereocenters. The highest BCUT2D eigenvalue weighted by Crippen LogP contribution is 2.30. The number of carbonyl (C=O) groups is 1. The van der Waals surface area contributed by atoms with Crippen LogP contribution in [0.1, 0.15) is 168 Å². The maximum absolute atomic E-state index is 13.1. The molecule has 14 nitrogen and oxygen atoms in total. The predicted molar refractivity (Wildman–Crippen MR) is 258 cm³/mol. The first kappa shape index (κ1) is 59.8.